The summed E-state index contributed by atoms with van der Waals surface area (Å²) in [5.41, 5.74) is 1.75. The first kappa shape index (κ1) is 19.9. The van der Waals surface area contributed by atoms with Crippen molar-refractivity contribution in [2.45, 2.75) is 58.0 Å². The molecule has 2 aliphatic rings. The molecule has 0 aliphatic carbocycles. The van der Waals surface area contributed by atoms with Crippen LogP contribution in [0.3, 0.4) is 0 Å². The highest BCUT2D eigenvalue weighted by Gasteiger charge is 2.42. The number of carbonyl (C=O) groups is 2. The second kappa shape index (κ2) is 8.01. The van der Waals surface area contributed by atoms with Gasteiger partial charge in [-0.3, -0.25) is 9.59 Å². The molecule has 5 heteroatoms. The van der Waals surface area contributed by atoms with Crippen molar-refractivity contribution >= 4 is 11.9 Å². The van der Waals surface area contributed by atoms with Crippen LogP contribution in [0.2, 0.25) is 0 Å². The summed E-state index contributed by atoms with van der Waals surface area (Å²) >= 11 is 0. The fraction of sp³-hybridized carbons (Fsp3) is 0.636. The summed E-state index contributed by atoms with van der Waals surface area (Å²) in [6.07, 6.45) is 3.01. The van der Waals surface area contributed by atoms with Gasteiger partial charge in [-0.2, -0.15) is 0 Å². The molecule has 1 aromatic carbocycles. The average molecular weight is 373 g/mol. The van der Waals surface area contributed by atoms with Crippen LogP contribution in [0.5, 0.6) is 0 Å². The number of benzene rings is 1. The lowest BCUT2D eigenvalue weighted by atomic mass is 9.80. The molecule has 0 radical (unpaired) electrons. The molecule has 27 heavy (non-hydrogen) atoms. The number of carboxylic acids is 1. The molecule has 0 bridgehead atoms. The Morgan fingerprint density at radius 2 is 1.78 bits per heavy atom. The number of nitrogens with zero attached hydrogens (tertiary/aromatic N) is 1. The summed E-state index contributed by atoms with van der Waals surface area (Å²) in [6.45, 7) is 7.98. The minimum Gasteiger partial charge on any atom is -0.481 e. The predicted molar refractivity (Wildman–Crippen MR) is 104 cm³/mol. The van der Waals surface area contributed by atoms with E-state index in [1.165, 1.54) is 5.56 Å². The van der Waals surface area contributed by atoms with Gasteiger partial charge >= 0.3 is 5.97 Å². The molecule has 0 aromatic heterocycles. The number of aliphatic carboxylic acids is 1. The zero-order valence-electron chi connectivity index (χ0n) is 16.6. The second-order valence-corrected chi connectivity index (χ2v) is 8.37. The Labute approximate surface area is 161 Å². The minimum absolute atomic E-state index is 0.146. The molecule has 1 amide bonds. The maximum absolute atomic E-state index is 13.2. The van der Waals surface area contributed by atoms with Crippen LogP contribution in [0, 0.1) is 11.8 Å². The van der Waals surface area contributed by atoms with Crippen LogP contribution in [0.1, 0.15) is 51.2 Å². The molecule has 2 heterocycles. The van der Waals surface area contributed by atoms with Crippen molar-refractivity contribution < 1.29 is 19.4 Å². The van der Waals surface area contributed by atoms with E-state index in [0.717, 1.165) is 24.8 Å². The van der Waals surface area contributed by atoms with E-state index in [2.05, 4.69) is 31.2 Å². The highest BCUT2D eigenvalue weighted by atomic mass is 16.5. The lowest BCUT2D eigenvalue weighted by molar-refractivity contribution is -0.146. The van der Waals surface area contributed by atoms with Gasteiger partial charge < -0.3 is 14.7 Å². The first-order valence-corrected chi connectivity index (χ1v) is 10.1. The van der Waals surface area contributed by atoms with E-state index in [9.17, 15) is 14.7 Å². The van der Waals surface area contributed by atoms with Gasteiger partial charge in [-0.05, 0) is 56.6 Å². The zero-order chi connectivity index (χ0) is 19.6. The number of aryl methyl sites for hydroxylation is 1. The van der Waals surface area contributed by atoms with Gasteiger partial charge in [0.2, 0.25) is 5.91 Å². The minimum atomic E-state index is -0.757. The summed E-state index contributed by atoms with van der Waals surface area (Å²) in [4.78, 5) is 26.5. The Balaban J connectivity index is 1.62. The van der Waals surface area contributed by atoms with Crippen LogP contribution in [0.15, 0.2) is 24.3 Å². The molecule has 2 saturated heterocycles. The third kappa shape index (κ3) is 4.03. The first-order chi connectivity index (χ1) is 12.8. The van der Waals surface area contributed by atoms with E-state index in [0.29, 0.717) is 26.1 Å². The van der Waals surface area contributed by atoms with Gasteiger partial charge in [-0.25, -0.2) is 0 Å². The van der Waals surface area contributed by atoms with Crippen molar-refractivity contribution in [2.75, 3.05) is 19.7 Å². The third-order valence-corrected chi connectivity index (χ3v) is 6.36. The van der Waals surface area contributed by atoms with Crippen LogP contribution in [-0.2, 0) is 26.2 Å². The number of hydrogen-bond acceptors (Lipinski definition) is 3. The van der Waals surface area contributed by atoms with E-state index in [1.807, 2.05) is 18.7 Å². The molecule has 2 atom stereocenters. The standard InChI is InChI=1S/C22H31NO4/c1-4-15-5-7-17(8-6-15)22(2,3)21(26)23-12-9-16(10-13-23)19-18(20(24)25)11-14-27-19/h5-8,16,18-19H,4,9-14H2,1-3H3,(H,24,25)/t18?,19-/m0/s1. The number of amides is 1. The fourth-order valence-corrected chi connectivity index (χ4v) is 4.45. The number of carbonyl (C=O) groups excluding carboxylic acids is 1. The van der Waals surface area contributed by atoms with Crippen molar-refractivity contribution in [1.29, 1.82) is 0 Å². The van der Waals surface area contributed by atoms with E-state index < -0.39 is 17.3 Å². The Morgan fingerprint density at radius 3 is 2.33 bits per heavy atom. The average Bonchev–Trinajstić information content (AvgIpc) is 3.18. The van der Waals surface area contributed by atoms with E-state index in [1.54, 1.807) is 0 Å². The van der Waals surface area contributed by atoms with Crippen molar-refractivity contribution in [3.05, 3.63) is 35.4 Å². The van der Waals surface area contributed by atoms with Gasteiger partial charge in [0.15, 0.2) is 0 Å². The lowest BCUT2D eigenvalue weighted by Gasteiger charge is -2.39. The van der Waals surface area contributed by atoms with E-state index >= 15 is 0 Å². The van der Waals surface area contributed by atoms with Crippen molar-refractivity contribution in [1.82, 2.24) is 4.90 Å². The summed E-state index contributed by atoms with van der Waals surface area (Å²) in [5, 5.41) is 9.38. The molecule has 2 fully saturated rings. The summed E-state index contributed by atoms with van der Waals surface area (Å²) < 4.78 is 5.74. The number of likely N-dealkylation sites (tertiary alicyclic amines) is 1. The van der Waals surface area contributed by atoms with Gasteiger partial charge in [0.25, 0.3) is 0 Å². The highest BCUT2D eigenvalue weighted by molar-refractivity contribution is 5.87. The molecule has 3 rings (SSSR count). The Hall–Kier alpha value is -1.88. The SMILES string of the molecule is CCc1ccc(C(C)(C)C(=O)N2CCC([C@@H]3OCCC3C(=O)O)CC2)cc1. The second-order valence-electron chi connectivity index (χ2n) is 8.37. The maximum Gasteiger partial charge on any atom is 0.309 e. The number of piperidine rings is 1. The van der Waals surface area contributed by atoms with Crippen molar-refractivity contribution in [3.8, 4) is 0 Å². The van der Waals surface area contributed by atoms with Gasteiger partial charge in [-0.1, -0.05) is 31.2 Å². The summed E-state index contributed by atoms with van der Waals surface area (Å²) in [7, 11) is 0. The fourth-order valence-electron chi connectivity index (χ4n) is 4.45. The topological polar surface area (TPSA) is 66.8 Å². The van der Waals surface area contributed by atoms with Crippen LogP contribution in [-0.4, -0.2) is 47.7 Å². The maximum atomic E-state index is 13.2. The molecular weight excluding hydrogens is 342 g/mol. The predicted octanol–water partition coefficient (Wildman–Crippen LogP) is 3.25. The molecular formula is C22H31NO4. The van der Waals surface area contributed by atoms with Gasteiger partial charge in [0.05, 0.1) is 17.4 Å². The quantitative estimate of drug-likeness (QED) is 0.860. The van der Waals surface area contributed by atoms with Crippen molar-refractivity contribution in [3.63, 3.8) is 0 Å². The first-order valence-electron chi connectivity index (χ1n) is 10.1. The molecule has 2 aliphatic heterocycles. The Bertz CT molecular complexity index is 674. The summed E-state index contributed by atoms with van der Waals surface area (Å²) in [6, 6.07) is 8.32. The number of ether oxygens (including phenoxy) is 1. The Kier molecular flexibility index (Phi) is 5.89. The summed E-state index contributed by atoms with van der Waals surface area (Å²) in [5.74, 6) is -0.782. The highest BCUT2D eigenvalue weighted by Crippen LogP contribution is 2.35. The lowest BCUT2D eigenvalue weighted by Crippen LogP contribution is -2.49. The number of hydrogen-bond donors (Lipinski definition) is 1. The van der Waals surface area contributed by atoms with Crippen LogP contribution in [0.25, 0.3) is 0 Å². The number of carboxylic acid groups (broad SMARTS) is 1. The zero-order valence-corrected chi connectivity index (χ0v) is 16.6. The molecule has 1 N–H and O–H groups in total. The van der Waals surface area contributed by atoms with Crippen LogP contribution < -0.4 is 0 Å². The third-order valence-electron chi connectivity index (χ3n) is 6.36. The van der Waals surface area contributed by atoms with Crippen molar-refractivity contribution in [2.24, 2.45) is 11.8 Å². The molecule has 148 valence electrons. The smallest absolute Gasteiger partial charge is 0.309 e. The van der Waals surface area contributed by atoms with E-state index in [4.69, 9.17) is 4.74 Å². The van der Waals surface area contributed by atoms with E-state index in [-0.39, 0.29) is 17.9 Å². The largest absolute Gasteiger partial charge is 0.481 e. The van der Waals surface area contributed by atoms with Gasteiger partial charge in [0, 0.05) is 19.7 Å². The monoisotopic (exact) mass is 373 g/mol. The van der Waals surface area contributed by atoms with Crippen LogP contribution in [0.4, 0.5) is 0 Å². The molecule has 0 spiro atoms. The molecule has 0 saturated carbocycles. The molecule has 5 nitrogen and oxygen atoms in total. The molecule has 1 unspecified atom stereocenters. The normalized spacial score (nSPS) is 24.2. The van der Waals surface area contributed by atoms with Gasteiger partial charge in [-0.15, -0.1) is 0 Å². The van der Waals surface area contributed by atoms with Gasteiger partial charge in [0.1, 0.15) is 0 Å². The Morgan fingerprint density at radius 1 is 1.15 bits per heavy atom. The van der Waals surface area contributed by atoms with Crippen LogP contribution >= 0.6 is 0 Å². The number of rotatable bonds is 5. The molecule has 1 aromatic rings.